The predicted molar refractivity (Wildman–Crippen MR) is 176 cm³/mol. The monoisotopic (exact) mass is 692 g/mol. The first kappa shape index (κ1) is 41.4. The molecule has 0 saturated heterocycles. The summed E-state index contributed by atoms with van der Waals surface area (Å²) >= 11 is 0. The molecule has 1 aromatic carbocycles. The summed E-state index contributed by atoms with van der Waals surface area (Å²) in [5, 5.41) is 7.63. The Labute approximate surface area is 280 Å². The number of anilines is 1. The molecule has 0 bridgehead atoms. The van der Waals surface area contributed by atoms with Gasteiger partial charge in [0.1, 0.15) is 19.3 Å². The fraction of sp³-hybridized carbons (Fsp3) is 0.500. The lowest BCUT2D eigenvalue weighted by molar-refractivity contribution is -0.137. The SMILES string of the molecule is CC(NC(=O)CNC(=O)CCCCCN1C(=O)C=CC1=O)C(=O)Nc1ccc(COC=O)c(C#CCOCCCS(=O)(=O)O)c1.CCC. The molecule has 0 aliphatic carbocycles. The van der Waals surface area contributed by atoms with Crippen LogP contribution in [0.15, 0.2) is 30.4 Å². The minimum absolute atomic E-state index is 0.0450. The minimum atomic E-state index is -4.07. The van der Waals surface area contributed by atoms with Crippen molar-refractivity contribution in [3.8, 4) is 11.8 Å². The molecule has 0 fully saturated rings. The van der Waals surface area contributed by atoms with Crippen LogP contribution in [0.3, 0.4) is 0 Å². The van der Waals surface area contributed by atoms with Crippen LogP contribution in [0.2, 0.25) is 0 Å². The van der Waals surface area contributed by atoms with E-state index in [-0.39, 0.29) is 69.9 Å². The lowest BCUT2D eigenvalue weighted by atomic mass is 10.1. The molecular formula is C32H44N4O11S. The second kappa shape index (κ2) is 22.9. The van der Waals surface area contributed by atoms with Crippen LogP contribution in [-0.4, -0.2) is 92.0 Å². The lowest BCUT2D eigenvalue weighted by Gasteiger charge is -2.15. The fourth-order valence-corrected chi connectivity index (χ4v) is 4.36. The van der Waals surface area contributed by atoms with Crippen molar-refractivity contribution < 1.29 is 51.2 Å². The molecule has 2 rings (SSSR count). The molecule has 1 aliphatic heterocycles. The highest BCUT2D eigenvalue weighted by molar-refractivity contribution is 7.85. The summed E-state index contributed by atoms with van der Waals surface area (Å²) in [6.07, 6.45) is 5.60. The summed E-state index contributed by atoms with van der Waals surface area (Å²) in [5.74, 6) is 2.98. The van der Waals surface area contributed by atoms with Crippen LogP contribution in [0, 0.1) is 11.8 Å². The van der Waals surface area contributed by atoms with Crippen molar-refractivity contribution in [1.29, 1.82) is 0 Å². The average Bonchev–Trinajstić information content (AvgIpc) is 3.34. The Kier molecular flexibility index (Phi) is 19.7. The van der Waals surface area contributed by atoms with E-state index in [0.717, 1.165) is 4.90 Å². The number of carbonyl (C=O) groups is 6. The van der Waals surface area contributed by atoms with Gasteiger partial charge >= 0.3 is 0 Å². The zero-order chi connectivity index (χ0) is 36.0. The Morgan fingerprint density at radius 1 is 1.04 bits per heavy atom. The summed E-state index contributed by atoms with van der Waals surface area (Å²) in [5.41, 5.74) is 1.31. The zero-order valence-corrected chi connectivity index (χ0v) is 28.2. The molecule has 1 heterocycles. The van der Waals surface area contributed by atoms with Gasteiger partial charge in [-0.3, -0.25) is 38.2 Å². The molecule has 5 amide bonds. The summed E-state index contributed by atoms with van der Waals surface area (Å²) in [7, 11) is -4.07. The van der Waals surface area contributed by atoms with Gasteiger partial charge in [-0.05, 0) is 38.3 Å². The Hall–Kier alpha value is -4.59. The molecule has 4 N–H and O–H groups in total. The van der Waals surface area contributed by atoms with E-state index in [1.807, 2.05) is 0 Å². The maximum Gasteiger partial charge on any atom is 0.293 e. The fourth-order valence-electron chi connectivity index (χ4n) is 3.88. The molecule has 0 spiro atoms. The van der Waals surface area contributed by atoms with Crippen LogP contribution in [0.4, 0.5) is 5.69 Å². The van der Waals surface area contributed by atoms with Crippen molar-refractivity contribution in [1.82, 2.24) is 15.5 Å². The predicted octanol–water partition coefficient (Wildman–Crippen LogP) is 1.47. The normalized spacial score (nSPS) is 12.6. The van der Waals surface area contributed by atoms with E-state index >= 15 is 0 Å². The van der Waals surface area contributed by atoms with Crippen LogP contribution in [-0.2, 0) is 55.0 Å². The molecule has 16 heteroatoms. The van der Waals surface area contributed by atoms with Gasteiger partial charge in [0.15, 0.2) is 0 Å². The van der Waals surface area contributed by atoms with Gasteiger partial charge in [-0.25, -0.2) is 0 Å². The van der Waals surface area contributed by atoms with Gasteiger partial charge in [0.25, 0.3) is 28.4 Å². The first-order chi connectivity index (χ1) is 22.8. The number of hydrogen-bond acceptors (Lipinski definition) is 10. The van der Waals surface area contributed by atoms with Crippen LogP contribution in [0.1, 0.15) is 70.4 Å². The van der Waals surface area contributed by atoms with Gasteiger partial charge in [-0.1, -0.05) is 44.6 Å². The van der Waals surface area contributed by atoms with Gasteiger partial charge < -0.3 is 25.4 Å². The molecule has 1 aromatic rings. The molecule has 1 unspecified atom stereocenters. The third kappa shape index (κ3) is 17.9. The van der Waals surface area contributed by atoms with Crippen molar-refractivity contribution in [3.05, 3.63) is 41.5 Å². The van der Waals surface area contributed by atoms with Gasteiger partial charge in [0.2, 0.25) is 17.7 Å². The van der Waals surface area contributed by atoms with Crippen molar-refractivity contribution in [3.63, 3.8) is 0 Å². The van der Waals surface area contributed by atoms with E-state index < -0.39 is 33.7 Å². The van der Waals surface area contributed by atoms with Crippen LogP contribution >= 0.6 is 0 Å². The highest BCUT2D eigenvalue weighted by Gasteiger charge is 2.22. The largest absolute Gasteiger partial charge is 0.463 e. The highest BCUT2D eigenvalue weighted by atomic mass is 32.2. The van der Waals surface area contributed by atoms with Crippen LogP contribution < -0.4 is 16.0 Å². The van der Waals surface area contributed by atoms with E-state index in [2.05, 4.69) is 41.6 Å². The number of ether oxygens (including phenoxy) is 2. The average molecular weight is 693 g/mol. The number of hydrogen-bond donors (Lipinski definition) is 4. The number of nitrogens with zero attached hydrogens (tertiary/aromatic N) is 1. The molecule has 1 aliphatic rings. The Morgan fingerprint density at radius 2 is 1.73 bits per heavy atom. The molecular weight excluding hydrogens is 648 g/mol. The number of rotatable bonds is 19. The van der Waals surface area contributed by atoms with Crippen molar-refractivity contribution in [2.75, 3.05) is 37.4 Å². The smallest absolute Gasteiger partial charge is 0.293 e. The summed E-state index contributed by atoms with van der Waals surface area (Å²) in [6, 6.07) is 3.74. The summed E-state index contributed by atoms with van der Waals surface area (Å²) < 4.78 is 40.2. The molecule has 15 nitrogen and oxygen atoms in total. The lowest BCUT2D eigenvalue weighted by Crippen LogP contribution is -2.45. The number of benzene rings is 1. The molecule has 0 saturated carbocycles. The van der Waals surface area contributed by atoms with E-state index in [1.165, 1.54) is 25.5 Å². The molecule has 1 atom stereocenters. The maximum absolute atomic E-state index is 12.7. The Balaban J connectivity index is 0.00000369. The third-order valence-electron chi connectivity index (χ3n) is 6.18. The number of amides is 5. The topological polar surface area (TPSA) is 215 Å². The van der Waals surface area contributed by atoms with E-state index in [4.69, 9.17) is 14.0 Å². The second-order valence-electron chi connectivity index (χ2n) is 10.5. The minimum Gasteiger partial charge on any atom is -0.463 e. The maximum atomic E-state index is 12.7. The number of imide groups is 1. The van der Waals surface area contributed by atoms with E-state index in [9.17, 15) is 37.2 Å². The number of unbranched alkanes of at least 4 members (excludes halogenated alkanes) is 2. The van der Waals surface area contributed by atoms with Crippen molar-refractivity contribution in [2.45, 2.75) is 71.9 Å². The molecule has 0 radical (unpaired) electrons. The second-order valence-corrected chi connectivity index (χ2v) is 12.1. The number of carbonyl (C=O) groups excluding carboxylic acids is 6. The molecule has 0 aromatic heterocycles. The van der Waals surface area contributed by atoms with Crippen molar-refractivity contribution >= 4 is 51.8 Å². The van der Waals surface area contributed by atoms with Gasteiger partial charge in [0.05, 0.1) is 12.3 Å². The van der Waals surface area contributed by atoms with E-state index in [1.54, 1.807) is 18.2 Å². The van der Waals surface area contributed by atoms with Crippen LogP contribution in [0.5, 0.6) is 0 Å². The molecule has 264 valence electrons. The van der Waals surface area contributed by atoms with Gasteiger partial charge in [0, 0.05) is 48.5 Å². The Bertz CT molecular complexity index is 1450. The standard InChI is InChI=1S/C29H36N4O11S.C3H8/c1-21(31-26(36)18-30-25(35)8-3-2-4-13-33-27(37)11-12-28(33)38)29(39)32-24-10-9-23(19-44-20-34)22(17-24)7-5-14-43-15-6-16-45(40,41)42;1-3-2/h9-12,17,20-21H,2-4,6,8,13-16,18-19H2,1H3,(H,30,35)(H,31,36)(H,32,39)(H,40,41,42);3H2,1-2H3. The zero-order valence-electron chi connectivity index (χ0n) is 27.4. The Morgan fingerprint density at radius 3 is 2.38 bits per heavy atom. The first-order valence-corrected chi connectivity index (χ1v) is 17.0. The summed E-state index contributed by atoms with van der Waals surface area (Å²) in [6.45, 7) is 5.88. The molecule has 48 heavy (non-hydrogen) atoms. The van der Waals surface area contributed by atoms with Crippen LogP contribution in [0.25, 0.3) is 0 Å². The number of nitrogens with one attached hydrogen (secondary N) is 3. The quantitative estimate of drug-likeness (QED) is 0.0536. The highest BCUT2D eigenvalue weighted by Crippen LogP contribution is 2.17. The van der Waals surface area contributed by atoms with Gasteiger partial charge in [-0.2, -0.15) is 8.42 Å². The third-order valence-corrected chi connectivity index (χ3v) is 6.98. The first-order valence-electron chi connectivity index (χ1n) is 15.4. The summed E-state index contributed by atoms with van der Waals surface area (Å²) in [4.78, 5) is 71.8. The van der Waals surface area contributed by atoms with Gasteiger partial charge in [-0.15, -0.1) is 0 Å². The van der Waals surface area contributed by atoms with E-state index in [0.29, 0.717) is 36.1 Å². The van der Waals surface area contributed by atoms with Crippen molar-refractivity contribution in [2.24, 2.45) is 0 Å².